The van der Waals surface area contributed by atoms with Crippen LogP contribution in [0.25, 0.3) is 5.65 Å². The highest BCUT2D eigenvalue weighted by Gasteiger charge is 2.26. The number of hydrogen-bond acceptors (Lipinski definition) is 6. The Morgan fingerprint density at radius 1 is 1.00 bits per heavy atom. The normalized spacial score (nSPS) is 16.0. The van der Waals surface area contributed by atoms with Gasteiger partial charge in [-0.2, -0.15) is 9.40 Å². The average Bonchev–Trinajstić information content (AvgIpc) is 3.17. The van der Waals surface area contributed by atoms with Gasteiger partial charge in [-0.3, -0.25) is 0 Å². The topological polar surface area (TPSA) is 92.5 Å². The highest BCUT2D eigenvalue weighted by molar-refractivity contribution is 7.89. The molecule has 0 atom stereocenters. The van der Waals surface area contributed by atoms with Crippen LogP contribution in [-0.4, -0.2) is 45.4 Å². The maximum Gasteiger partial charge on any atom is 0.244 e. The average molecular weight is 372 g/mol. The quantitative estimate of drug-likeness (QED) is 0.735. The molecule has 8 nitrogen and oxygen atoms in total. The lowest BCUT2D eigenvalue weighted by Gasteiger charge is -2.25. The van der Waals surface area contributed by atoms with E-state index in [0.717, 1.165) is 30.6 Å². The van der Waals surface area contributed by atoms with Crippen molar-refractivity contribution in [3.8, 4) is 0 Å². The van der Waals surface area contributed by atoms with Gasteiger partial charge in [0.25, 0.3) is 0 Å². The highest BCUT2D eigenvalue weighted by Crippen LogP contribution is 2.20. The summed E-state index contributed by atoms with van der Waals surface area (Å²) in [5.74, 6) is 0.611. The Bertz CT molecular complexity index is 994. The van der Waals surface area contributed by atoms with Crippen molar-refractivity contribution in [3.05, 3.63) is 48.5 Å². The second-order valence-electron chi connectivity index (χ2n) is 6.23. The summed E-state index contributed by atoms with van der Waals surface area (Å²) in [5, 5.41) is 7.43. The summed E-state index contributed by atoms with van der Waals surface area (Å²) in [6.07, 6.45) is 7.77. The van der Waals surface area contributed by atoms with Crippen molar-refractivity contribution in [2.45, 2.75) is 30.7 Å². The van der Waals surface area contributed by atoms with Crippen molar-refractivity contribution >= 4 is 21.5 Å². The highest BCUT2D eigenvalue weighted by atomic mass is 32.2. The number of nitrogens with zero attached hydrogens (tertiary/aromatic N) is 5. The first-order valence-corrected chi connectivity index (χ1v) is 10.1. The molecule has 0 spiro atoms. The Morgan fingerprint density at radius 2 is 1.85 bits per heavy atom. The van der Waals surface area contributed by atoms with Crippen LogP contribution in [0.3, 0.4) is 0 Å². The van der Waals surface area contributed by atoms with E-state index >= 15 is 0 Å². The fourth-order valence-corrected chi connectivity index (χ4v) is 4.56. The zero-order valence-electron chi connectivity index (χ0n) is 14.2. The van der Waals surface area contributed by atoms with Crippen LogP contribution >= 0.6 is 0 Å². The van der Waals surface area contributed by atoms with Crippen molar-refractivity contribution in [2.75, 3.05) is 18.4 Å². The van der Waals surface area contributed by atoms with Crippen LogP contribution in [0.2, 0.25) is 0 Å². The van der Waals surface area contributed by atoms with Gasteiger partial charge in [0.15, 0.2) is 5.65 Å². The molecular formula is C17H20N6O2S. The molecule has 0 unspecified atom stereocenters. The van der Waals surface area contributed by atoms with Gasteiger partial charge in [0.1, 0.15) is 10.7 Å². The lowest BCUT2D eigenvalue weighted by Crippen LogP contribution is -2.35. The number of sulfonamides is 1. The summed E-state index contributed by atoms with van der Waals surface area (Å²) in [6, 6.07) is 7.01. The van der Waals surface area contributed by atoms with E-state index in [-0.39, 0.29) is 4.90 Å². The molecule has 0 aliphatic carbocycles. The third-order valence-electron chi connectivity index (χ3n) is 4.51. The van der Waals surface area contributed by atoms with E-state index in [4.69, 9.17) is 0 Å². The molecule has 0 saturated carbocycles. The van der Waals surface area contributed by atoms with Crippen molar-refractivity contribution in [2.24, 2.45) is 0 Å². The van der Waals surface area contributed by atoms with Crippen LogP contribution in [0.5, 0.6) is 0 Å². The Morgan fingerprint density at radius 3 is 2.62 bits per heavy atom. The van der Waals surface area contributed by atoms with Crippen molar-refractivity contribution in [1.82, 2.24) is 23.9 Å². The molecule has 0 amide bonds. The van der Waals surface area contributed by atoms with Gasteiger partial charge < -0.3 is 5.32 Å². The smallest absolute Gasteiger partial charge is 0.244 e. The predicted octanol–water partition coefficient (Wildman–Crippen LogP) is 1.91. The molecule has 1 aliphatic heterocycles. The summed E-state index contributed by atoms with van der Waals surface area (Å²) in [6.45, 7) is 1.68. The molecule has 0 bridgehead atoms. The third-order valence-corrected chi connectivity index (χ3v) is 6.39. The standard InChI is InChI=1S/C17H20N6O2S/c24-26(25,22-10-2-1-3-11-22)15-4-5-16(20-13-15)19-12-14-6-8-18-17-7-9-21-23(14)17/h4-9,13H,1-3,10-12H2,(H,19,20). The summed E-state index contributed by atoms with van der Waals surface area (Å²) < 4.78 is 28.6. The van der Waals surface area contributed by atoms with Crippen molar-refractivity contribution in [3.63, 3.8) is 0 Å². The zero-order valence-corrected chi connectivity index (χ0v) is 15.1. The summed E-state index contributed by atoms with van der Waals surface area (Å²) >= 11 is 0. The number of fused-ring (bicyclic) bond motifs is 1. The second-order valence-corrected chi connectivity index (χ2v) is 8.17. The van der Waals surface area contributed by atoms with Gasteiger partial charge in [-0.15, -0.1) is 0 Å². The minimum Gasteiger partial charge on any atom is -0.364 e. The molecule has 4 heterocycles. The number of anilines is 1. The van der Waals surface area contributed by atoms with Crippen LogP contribution in [0.15, 0.2) is 47.8 Å². The van der Waals surface area contributed by atoms with E-state index in [2.05, 4.69) is 20.4 Å². The molecule has 1 saturated heterocycles. The van der Waals surface area contributed by atoms with Gasteiger partial charge in [-0.05, 0) is 31.0 Å². The first-order valence-electron chi connectivity index (χ1n) is 8.62. The Balaban J connectivity index is 1.47. The number of nitrogens with one attached hydrogen (secondary N) is 1. The Hall–Kier alpha value is -2.52. The molecule has 136 valence electrons. The first-order chi connectivity index (χ1) is 12.6. The molecule has 1 N–H and O–H groups in total. The van der Waals surface area contributed by atoms with E-state index in [1.165, 1.54) is 6.20 Å². The van der Waals surface area contributed by atoms with E-state index in [1.807, 2.05) is 12.1 Å². The number of piperidine rings is 1. The number of aromatic nitrogens is 4. The molecular weight excluding hydrogens is 352 g/mol. The minimum absolute atomic E-state index is 0.239. The number of rotatable bonds is 5. The molecule has 9 heteroatoms. The summed E-state index contributed by atoms with van der Waals surface area (Å²) in [4.78, 5) is 8.73. The van der Waals surface area contributed by atoms with E-state index < -0.39 is 10.0 Å². The fraction of sp³-hybridized carbons (Fsp3) is 0.353. The number of hydrogen-bond donors (Lipinski definition) is 1. The summed E-state index contributed by atoms with van der Waals surface area (Å²) in [5.41, 5.74) is 1.71. The SMILES string of the molecule is O=S(=O)(c1ccc(NCc2ccnc3ccnn23)nc1)N1CCCCC1. The van der Waals surface area contributed by atoms with E-state index in [1.54, 1.807) is 33.3 Å². The molecule has 0 aromatic carbocycles. The van der Waals surface area contributed by atoms with Gasteiger partial charge in [0.2, 0.25) is 10.0 Å². The van der Waals surface area contributed by atoms with Crippen LogP contribution in [0.1, 0.15) is 25.0 Å². The molecule has 26 heavy (non-hydrogen) atoms. The second kappa shape index (κ2) is 7.00. The maximum atomic E-state index is 12.6. The van der Waals surface area contributed by atoms with Gasteiger partial charge >= 0.3 is 0 Å². The van der Waals surface area contributed by atoms with Crippen LogP contribution in [0, 0.1) is 0 Å². The lowest BCUT2D eigenvalue weighted by molar-refractivity contribution is 0.346. The van der Waals surface area contributed by atoms with Crippen molar-refractivity contribution in [1.29, 1.82) is 0 Å². The molecule has 3 aromatic rings. The van der Waals surface area contributed by atoms with Crippen LogP contribution < -0.4 is 5.32 Å². The molecule has 0 radical (unpaired) electrons. The van der Waals surface area contributed by atoms with Gasteiger partial charge in [-0.25, -0.2) is 22.9 Å². The van der Waals surface area contributed by atoms with Crippen LogP contribution in [0.4, 0.5) is 5.82 Å². The molecule has 4 rings (SSSR count). The lowest BCUT2D eigenvalue weighted by atomic mass is 10.2. The first kappa shape index (κ1) is 16.9. The van der Waals surface area contributed by atoms with E-state index in [0.29, 0.717) is 25.5 Å². The van der Waals surface area contributed by atoms with Crippen molar-refractivity contribution < 1.29 is 8.42 Å². The number of pyridine rings is 1. The Kier molecular flexibility index (Phi) is 4.56. The molecule has 3 aromatic heterocycles. The molecule has 1 fully saturated rings. The molecule has 1 aliphatic rings. The third kappa shape index (κ3) is 3.27. The largest absolute Gasteiger partial charge is 0.364 e. The predicted molar refractivity (Wildman–Crippen MR) is 97.2 cm³/mol. The van der Waals surface area contributed by atoms with Gasteiger partial charge in [0.05, 0.1) is 18.4 Å². The van der Waals surface area contributed by atoms with Gasteiger partial charge in [0, 0.05) is 31.5 Å². The van der Waals surface area contributed by atoms with E-state index in [9.17, 15) is 8.42 Å². The minimum atomic E-state index is -3.45. The zero-order chi connectivity index (χ0) is 18.0. The Labute approximate surface area is 151 Å². The summed E-state index contributed by atoms with van der Waals surface area (Å²) in [7, 11) is -3.45. The van der Waals surface area contributed by atoms with Gasteiger partial charge in [-0.1, -0.05) is 6.42 Å². The maximum absolute atomic E-state index is 12.6. The fourth-order valence-electron chi connectivity index (χ4n) is 3.09. The van der Waals surface area contributed by atoms with Crippen LogP contribution in [-0.2, 0) is 16.6 Å². The monoisotopic (exact) mass is 372 g/mol.